The van der Waals surface area contributed by atoms with Gasteiger partial charge in [0.05, 0.1) is 3.79 Å². The van der Waals surface area contributed by atoms with Crippen molar-refractivity contribution in [3.05, 3.63) is 56.2 Å². The molecule has 1 aromatic carbocycles. The van der Waals surface area contributed by atoms with Crippen molar-refractivity contribution in [1.82, 2.24) is 0 Å². The molecule has 0 radical (unpaired) electrons. The van der Waals surface area contributed by atoms with E-state index in [2.05, 4.69) is 68.3 Å². The molecule has 0 saturated heterocycles. The van der Waals surface area contributed by atoms with Gasteiger partial charge in [0.2, 0.25) is 0 Å². The summed E-state index contributed by atoms with van der Waals surface area (Å²) in [6, 6.07) is 13.4. The third-order valence-corrected chi connectivity index (χ3v) is 6.78. The van der Waals surface area contributed by atoms with Gasteiger partial charge in [-0.2, -0.15) is 0 Å². The molecule has 0 bridgehead atoms. The van der Waals surface area contributed by atoms with Crippen LogP contribution >= 0.6 is 43.2 Å². The van der Waals surface area contributed by atoms with Gasteiger partial charge in [0, 0.05) is 15.6 Å². The molecule has 0 aliphatic heterocycles. The summed E-state index contributed by atoms with van der Waals surface area (Å²) in [7, 11) is 0. The molecule has 1 aliphatic carbocycles. The van der Waals surface area contributed by atoms with Crippen LogP contribution in [0.25, 0.3) is 0 Å². The number of thiophene rings is 1. The van der Waals surface area contributed by atoms with Crippen molar-refractivity contribution in [2.75, 3.05) is 5.33 Å². The van der Waals surface area contributed by atoms with Crippen molar-refractivity contribution in [2.45, 2.75) is 31.1 Å². The summed E-state index contributed by atoms with van der Waals surface area (Å²) in [5, 5.41) is 1.05. The summed E-state index contributed by atoms with van der Waals surface area (Å²) in [6.45, 7) is 0. The van der Waals surface area contributed by atoms with Crippen LogP contribution in [0.3, 0.4) is 0 Å². The summed E-state index contributed by atoms with van der Waals surface area (Å²) >= 11 is 9.24. The lowest BCUT2D eigenvalue weighted by atomic mass is 9.69. The first-order valence-electron chi connectivity index (χ1n) is 6.62. The molecule has 1 atom stereocenters. The van der Waals surface area contributed by atoms with Gasteiger partial charge < -0.3 is 0 Å². The van der Waals surface area contributed by atoms with Crippen molar-refractivity contribution in [3.63, 3.8) is 0 Å². The Morgan fingerprint density at radius 1 is 1.16 bits per heavy atom. The van der Waals surface area contributed by atoms with E-state index in [4.69, 9.17) is 0 Å². The Kier molecular flexibility index (Phi) is 4.16. The molecule has 1 unspecified atom stereocenters. The van der Waals surface area contributed by atoms with E-state index >= 15 is 0 Å². The zero-order chi connectivity index (χ0) is 13.3. The highest BCUT2D eigenvalue weighted by Gasteiger charge is 2.35. The molecule has 1 aromatic heterocycles. The van der Waals surface area contributed by atoms with E-state index in [9.17, 15) is 0 Å². The first-order chi connectivity index (χ1) is 9.23. The van der Waals surface area contributed by atoms with Crippen molar-refractivity contribution in [3.8, 4) is 0 Å². The molecule has 3 heteroatoms. The summed E-state index contributed by atoms with van der Waals surface area (Å²) < 4.78 is 1.23. The summed E-state index contributed by atoms with van der Waals surface area (Å²) in [5.74, 6) is 0. The van der Waals surface area contributed by atoms with E-state index in [0.717, 1.165) is 11.8 Å². The second-order valence-electron chi connectivity index (χ2n) is 5.31. The van der Waals surface area contributed by atoms with Gasteiger partial charge in [-0.1, -0.05) is 40.2 Å². The summed E-state index contributed by atoms with van der Waals surface area (Å²) in [4.78, 5) is 1.48. The lowest BCUT2D eigenvalue weighted by Crippen LogP contribution is -2.34. The van der Waals surface area contributed by atoms with Crippen LogP contribution in [-0.2, 0) is 18.3 Å². The second-order valence-corrected chi connectivity index (χ2v) is 8.42. The van der Waals surface area contributed by atoms with E-state index < -0.39 is 0 Å². The minimum atomic E-state index is 0.277. The minimum Gasteiger partial charge on any atom is -0.133 e. The predicted octanol–water partition coefficient (Wildman–Crippen LogP) is 5.72. The highest BCUT2D eigenvalue weighted by Crippen LogP contribution is 2.42. The SMILES string of the molecule is BrCC1(Cc2ccc(Br)s2)CCCc2ccccc21. The van der Waals surface area contributed by atoms with Gasteiger partial charge in [-0.25, -0.2) is 0 Å². The van der Waals surface area contributed by atoms with Gasteiger partial charge in [0.25, 0.3) is 0 Å². The molecule has 0 spiro atoms. The summed E-state index contributed by atoms with van der Waals surface area (Å²) in [6.07, 6.45) is 4.96. The Labute approximate surface area is 135 Å². The van der Waals surface area contributed by atoms with Crippen LogP contribution in [0.1, 0.15) is 28.8 Å². The number of hydrogen-bond donors (Lipinski definition) is 0. The quantitative estimate of drug-likeness (QED) is 0.578. The monoisotopic (exact) mass is 398 g/mol. The average molecular weight is 400 g/mol. The van der Waals surface area contributed by atoms with E-state index in [1.54, 1.807) is 11.1 Å². The van der Waals surface area contributed by atoms with Crippen molar-refractivity contribution < 1.29 is 0 Å². The van der Waals surface area contributed by atoms with Crippen LogP contribution in [0, 0.1) is 0 Å². The Hall–Kier alpha value is -0.120. The molecule has 100 valence electrons. The zero-order valence-electron chi connectivity index (χ0n) is 10.7. The number of fused-ring (bicyclic) bond motifs is 1. The maximum atomic E-state index is 3.80. The molecular weight excluding hydrogens is 384 g/mol. The van der Waals surface area contributed by atoms with Gasteiger partial charge in [-0.05, 0) is 64.9 Å². The summed E-state index contributed by atoms with van der Waals surface area (Å²) in [5.41, 5.74) is 3.38. The molecule has 0 saturated carbocycles. The smallest absolute Gasteiger partial charge is 0.0701 e. The van der Waals surface area contributed by atoms with E-state index in [1.807, 2.05) is 11.3 Å². The lowest BCUT2D eigenvalue weighted by molar-refractivity contribution is 0.404. The number of halogens is 2. The van der Waals surface area contributed by atoms with Crippen LogP contribution in [0.5, 0.6) is 0 Å². The topological polar surface area (TPSA) is 0 Å². The number of aryl methyl sites for hydroxylation is 1. The third-order valence-electron chi connectivity index (χ3n) is 4.09. The largest absolute Gasteiger partial charge is 0.133 e. The lowest BCUT2D eigenvalue weighted by Gasteiger charge is -2.38. The second kappa shape index (κ2) is 5.71. The Morgan fingerprint density at radius 3 is 2.74 bits per heavy atom. The molecule has 2 aromatic rings. The minimum absolute atomic E-state index is 0.277. The first-order valence-corrected chi connectivity index (χ1v) is 9.35. The molecule has 19 heavy (non-hydrogen) atoms. The molecule has 1 aliphatic rings. The standard InChI is InChI=1S/C16H16Br2S/c17-11-16(10-13-7-8-15(18)19-13)9-3-5-12-4-1-2-6-14(12)16/h1-2,4,6-8H,3,5,9-11H2. The highest BCUT2D eigenvalue weighted by molar-refractivity contribution is 9.11. The number of alkyl halides is 1. The fraction of sp³-hybridized carbons (Fsp3) is 0.375. The molecule has 0 amide bonds. The van der Waals surface area contributed by atoms with Crippen LogP contribution in [-0.4, -0.2) is 5.33 Å². The molecule has 0 nitrogen and oxygen atoms in total. The fourth-order valence-electron chi connectivity index (χ4n) is 3.16. The third kappa shape index (κ3) is 2.70. The predicted molar refractivity (Wildman–Crippen MR) is 90.6 cm³/mol. The number of rotatable bonds is 3. The van der Waals surface area contributed by atoms with Crippen molar-refractivity contribution >= 4 is 43.2 Å². The zero-order valence-corrected chi connectivity index (χ0v) is 14.7. The van der Waals surface area contributed by atoms with Gasteiger partial charge >= 0.3 is 0 Å². The van der Waals surface area contributed by atoms with Gasteiger partial charge in [-0.15, -0.1) is 11.3 Å². The van der Waals surface area contributed by atoms with Gasteiger partial charge in [0.15, 0.2) is 0 Å². The molecular formula is C16H16Br2S. The Balaban J connectivity index is 2.00. The van der Waals surface area contributed by atoms with Crippen molar-refractivity contribution in [1.29, 1.82) is 0 Å². The van der Waals surface area contributed by atoms with Gasteiger partial charge in [0.1, 0.15) is 0 Å². The van der Waals surface area contributed by atoms with Crippen LogP contribution in [0.15, 0.2) is 40.2 Å². The maximum Gasteiger partial charge on any atom is 0.0701 e. The van der Waals surface area contributed by atoms with Crippen molar-refractivity contribution in [2.24, 2.45) is 0 Å². The van der Waals surface area contributed by atoms with Crippen LogP contribution in [0.2, 0.25) is 0 Å². The van der Waals surface area contributed by atoms with E-state index in [-0.39, 0.29) is 5.41 Å². The van der Waals surface area contributed by atoms with Gasteiger partial charge in [-0.3, -0.25) is 0 Å². The van der Waals surface area contributed by atoms with E-state index in [1.165, 1.54) is 27.9 Å². The number of hydrogen-bond acceptors (Lipinski definition) is 1. The fourth-order valence-corrected chi connectivity index (χ4v) is 5.57. The normalized spacial score (nSPS) is 22.2. The Bertz CT molecular complexity index is 576. The highest BCUT2D eigenvalue weighted by atomic mass is 79.9. The van der Waals surface area contributed by atoms with E-state index in [0.29, 0.717) is 0 Å². The average Bonchev–Trinajstić information content (AvgIpc) is 2.84. The van der Waals surface area contributed by atoms with Crippen LogP contribution in [0.4, 0.5) is 0 Å². The molecule has 1 heterocycles. The maximum absolute atomic E-state index is 3.80. The van der Waals surface area contributed by atoms with Crippen LogP contribution < -0.4 is 0 Å². The molecule has 0 fully saturated rings. The Morgan fingerprint density at radius 2 is 2.00 bits per heavy atom. The number of benzene rings is 1. The first kappa shape index (κ1) is 13.8. The molecule has 3 rings (SSSR count). The molecule has 0 N–H and O–H groups in total.